The summed E-state index contributed by atoms with van der Waals surface area (Å²) < 4.78 is 4.76. The van der Waals surface area contributed by atoms with Gasteiger partial charge in [-0.15, -0.1) is 0 Å². The summed E-state index contributed by atoms with van der Waals surface area (Å²) in [5.41, 5.74) is -0.609. The van der Waals surface area contributed by atoms with Gasteiger partial charge in [-0.3, -0.25) is 9.59 Å². The van der Waals surface area contributed by atoms with Crippen molar-refractivity contribution in [1.29, 1.82) is 0 Å². The second kappa shape index (κ2) is 5.35. The van der Waals surface area contributed by atoms with Crippen LogP contribution < -0.4 is 0 Å². The van der Waals surface area contributed by atoms with Crippen molar-refractivity contribution in [3.8, 4) is 0 Å². The monoisotopic (exact) mass is 267 g/mol. The van der Waals surface area contributed by atoms with Crippen LogP contribution in [0.15, 0.2) is 12.7 Å². The number of hydrogen-bond donors (Lipinski definition) is 0. The number of ether oxygens (including phenoxy) is 1. The van der Waals surface area contributed by atoms with Crippen LogP contribution >= 0.6 is 0 Å². The number of likely N-dealkylation sites (tertiary alicyclic amines) is 1. The fraction of sp³-hybridized carbons (Fsp3) is 0.733. The van der Waals surface area contributed by atoms with E-state index in [2.05, 4.69) is 20.4 Å². The van der Waals surface area contributed by atoms with Crippen LogP contribution in [0.25, 0.3) is 0 Å². The molecule has 0 radical (unpaired) electrons. The van der Waals surface area contributed by atoms with Gasteiger partial charge in [0, 0.05) is 11.1 Å². The molecule has 0 aliphatic carbocycles. The van der Waals surface area contributed by atoms with Gasteiger partial charge in [0.2, 0.25) is 5.91 Å². The zero-order chi connectivity index (χ0) is 14.8. The number of carbonyl (C=O) groups excluding carboxylic acids is 2. The molecule has 1 aliphatic rings. The highest BCUT2D eigenvalue weighted by Gasteiger charge is 2.49. The number of nitrogens with zero attached hydrogens (tertiary/aromatic N) is 1. The molecule has 4 heteroatoms. The Hall–Kier alpha value is -1.32. The van der Waals surface area contributed by atoms with Gasteiger partial charge < -0.3 is 9.64 Å². The molecule has 0 spiro atoms. The molecule has 1 aliphatic heterocycles. The Morgan fingerprint density at radius 1 is 1.37 bits per heavy atom. The normalized spacial score (nSPS) is 24.7. The van der Waals surface area contributed by atoms with E-state index in [1.54, 1.807) is 0 Å². The second-order valence-corrected chi connectivity index (χ2v) is 6.36. The van der Waals surface area contributed by atoms with E-state index in [1.807, 2.05) is 18.7 Å². The summed E-state index contributed by atoms with van der Waals surface area (Å²) in [7, 11) is 1.40. The largest absolute Gasteiger partial charge is 0.469 e. The van der Waals surface area contributed by atoms with Crippen molar-refractivity contribution < 1.29 is 14.3 Å². The van der Waals surface area contributed by atoms with Gasteiger partial charge in [0.05, 0.1) is 13.5 Å². The van der Waals surface area contributed by atoms with Crippen molar-refractivity contribution >= 4 is 11.9 Å². The van der Waals surface area contributed by atoms with E-state index in [9.17, 15) is 9.59 Å². The minimum absolute atomic E-state index is 0.0791. The molecule has 1 fully saturated rings. The Morgan fingerprint density at radius 2 is 1.95 bits per heavy atom. The van der Waals surface area contributed by atoms with E-state index in [4.69, 9.17) is 4.74 Å². The summed E-state index contributed by atoms with van der Waals surface area (Å²) in [4.78, 5) is 25.6. The lowest BCUT2D eigenvalue weighted by Crippen LogP contribution is -2.64. The first-order valence-corrected chi connectivity index (χ1v) is 6.70. The van der Waals surface area contributed by atoms with E-state index in [1.165, 1.54) is 13.2 Å². The van der Waals surface area contributed by atoms with Gasteiger partial charge in [-0.1, -0.05) is 6.58 Å². The van der Waals surface area contributed by atoms with Gasteiger partial charge >= 0.3 is 5.97 Å². The average molecular weight is 267 g/mol. The van der Waals surface area contributed by atoms with Gasteiger partial charge in [0.15, 0.2) is 0 Å². The topological polar surface area (TPSA) is 46.6 Å². The first-order valence-electron chi connectivity index (χ1n) is 6.70. The predicted octanol–water partition coefficient (Wildman–Crippen LogP) is 2.53. The van der Waals surface area contributed by atoms with Gasteiger partial charge in [-0.25, -0.2) is 0 Å². The van der Waals surface area contributed by atoms with Crippen LogP contribution in [0.3, 0.4) is 0 Å². The van der Waals surface area contributed by atoms with Crippen molar-refractivity contribution in [3.05, 3.63) is 12.7 Å². The Balaban J connectivity index is 3.06. The number of methoxy groups -OCH3 is 1. The van der Waals surface area contributed by atoms with Crippen molar-refractivity contribution in [2.75, 3.05) is 7.11 Å². The summed E-state index contributed by atoms with van der Waals surface area (Å²) in [5, 5.41) is 0. The van der Waals surface area contributed by atoms with Gasteiger partial charge in [0.25, 0.3) is 0 Å². The summed E-state index contributed by atoms with van der Waals surface area (Å²) >= 11 is 0. The van der Waals surface area contributed by atoms with Crippen molar-refractivity contribution in [1.82, 2.24) is 4.90 Å². The molecule has 1 atom stereocenters. The Bertz CT molecular complexity index is 385. The summed E-state index contributed by atoms with van der Waals surface area (Å²) in [6, 6.07) is 0. The Morgan fingerprint density at radius 3 is 2.42 bits per heavy atom. The molecule has 1 amide bonds. The third-order valence-corrected chi connectivity index (χ3v) is 4.32. The first kappa shape index (κ1) is 15.7. The molecule has 1 heterocycles. The lowest BCUT2D eigenvalue weighted by Gasteiger charge is -2.56. The molecule has 0 aromatic carbocycles. The molecule has 1 unspecified atom stereocenters. The maximum atomic E-state index is 12.2. The maximum Gasteiger partial charge on any atom is 0.305 e. The van der Waals surface area contributed by atoms with Crippen LogP contribution in [0.5, 0.6) is 0 Å². The number of amides is 1. The van der Waals surface area contributed by atoms with Crippen LogP contribution in [-0.4, -0.2) is 35.0 Å². The molecule has 1 saturated heterocycles. The molecule has 0 saturated carbocycles. The lowest BCUT2D eigenvalue weighted by molar-refractivity contribution is -0.155. The third-order valence-electron chi connectivity index (χ3n) is 4.32. The zero-order valence-corrected chi connectivity index (χ0v) is 12.7. The SMILES string of the molecule is C=CC(=O)N1C(C)(C)CCC(CC(=O)OC)C1(C)C. The molecular weight excluding hydrogens is 242 g/mol. The first-order chi connectivity index (χ1) is 8.66. The van der Waals surface area contributed by atoms with E-state index >= 15 is 0 Å². The zero-order valence-electron chi connectivity index (χ0n) is 12.7. The molecule has 108 valence electrons. The van der Waals surface area contributed by atoms with Crippen LogP contribution in [0.1, 0.15) is 47.0 Å². The number of esters is 1. The molecule has 0 aromatic rings. The predicted molar refractivity (Wildman–Crippen MR) is 74.6 cm³/mol. The summed E-state index contributed by atoms with van der Waals surface area (Å²) in [5.74, 6) is -0.190. The summed E-state index contributed by atoms with van der Waals surface area (Å²) in [6.07, 6.45) is 3.48. The Labute approximate surface area is 115 Å². The van der Waals surface area contributed by atoms with Crippen LogP contribution in [0.2, 0.25) is 0 Å². The average Bonchev–Trinajstić information content (AvgIpc) is 2.31. The highest BCUT2D eigenvalue weighted by molar-refractivity contribution is 5.88. The molecule has 4 nitrogen and oxygen atoms in total. The van der Waals surface area contributed by atoms with Gasteiger partial charge in [-0.05, 0) is 52.5 Å². The number of rotatable bonds is 3. The number of hydrogen-bond acceptors (Lipinski definition) is 3. The Kier molecular flexibility index (Phi) is 4.43. The van der Waals surface area contributed by atoms with Crippen molar-refractivity contribution in [3.63, 3.8) is 0 Å². The number of piperidine rings is 1. The molecular formula is C15H25NO3. The van der Waals surface area contributed by atoms with Crippen molar-refractivity contribution in [2.24, 2.45) is 5.92 Å². The van der Waals surface area contributed by atoms with Crippen LogP contribution in [0, 0.1) is 5.92 Å². The smallest absolute Gasteiger partial charge is 0.305 e. The minimum atomic E-state index is -0.388. The standard InChI is InChI=1S/C15H25NO3/c1-7-12(17)16-14(2,3)9-8-11(15(16,4)5)10-13(18)19-6/h7,11H,1,8-10H2,2-6H3. The molecule has 0 aromatic heterocycles. The van der Waals surface area contributed by atoms with Gasteiger partial charge in [-0.2, -0.15) is 0 Å². The second-order valence-electron chi connectivity index (χ2n) is 6.36. The van der Waals surface area contributed by atoms with E-state index in [0.717, 1.165) is 12.8 Å². The van der Waals surface area contributed by atoms with E-state index in [0.29, 0.717) is 6.42 Å². The van der Waals surface area contributed by atoms with Crippen LogP contribution in [0.4, 0.5) is 0 Å². The van der Waals surface area contributed by atoms with E-state index in [-0.39, 0.29) is 28.9 Å². The van der Waals surface area contributed by atoms with E-state index < -0.39 is 0 Å². The molecule has 0 bridgehead atoms. The lowest BCUT2D eigenvalue weighted by atomic mass is 9.71. The van der Waals surface area contributed by atoms with Crippen LogP contribution in [-0.2, 0) is 14.3 Å². The minimum Gasteiger partial charge on any atom is -0.469 e. The molecule has 1 rings (SSSR count). The highest BCUT2D eigenvalue weighted by Crippen LogP contribution is 2.43. The van der Waals surface area contributed by atoms with Gasteiger partial charge in [0.1, 0.15) is 0 Å². The maximum absolute atomic E-state index is 12.2. The quantitative estimate of drug-likeness (QED) is 0.583. The summed E-state index contributed by atoms with van der Waals surface area (Å²) in [6.45, 7) is 11.7. The molecule has 19 heavy (non-hydrogen) atoms. The van der Waals surface area contributed by atoms with Crippen molar-refractivity contribution in [2.45, 2.75) is 58.0 Å². The fourth-order valence-electron chi connectivity index (χ4n) is 3.27. The highest BCUT2D eigenvalue weighted by atomic mass is 16.5. The molecule has 0 N–H and O–H groups in total. The fourth-order valence-corrected chi connectivity index (χ4v) is 3.27. The third kappa shape index (κ3) is 2.99. The number of carbonyl (C=O) groups is 2.